The van der Waals surface area contributed by atoms with Crippen molar-refractivity contribution in [3.8, 4) is 0 Å². The molecule has 1 aromatic heterocycles. The van der Waals surface area contributed by atoms with Crippen LogP contribution in [-0.4, -0.2) is 18.1 Å². The first-order chi connectivity index (χ1) is 8.66. The average molecular weight is 395 g/mol. The Morgan fingerprint density at radius 1 is 1.47 bits per heavy atom. The van der Waals surface area contributed by atoms with E-state index in [2.05, 4.69) is 9.72 Å². The monoisotopic (exact) mass is 395 g/mol. The second-order valence-electron chi connectivity index (χ2n) is 3.41. The highest BCUT2D eigenvalue weighted by molar-refractivity contribution is 14.1. The van der Waals surface area contributed by atoms with Gasteiger partial charge in [-0.3, -0.25) is 4.79 Å². The van der Waals surface area contributed by atoms with Gasteiger partial charge in [-0.2, -0.15) is 13.2 Å². The lowest BCUT2D eigenvalue weighted by Gasteiger charge is -2.16. The number of alkyl halides is 5. The molecule has 0 amide bonds. The van der Waals surface area contributed by atoms with E-state index in [0.29, 0.717) is 6.07 Å². The van der Waals surface area contributed by atoms with Crippen LogP contribution < -0.4 is 0 Å². The zero-order valence-corrected chi connectivity index (χ0v) is 11.6. The lowest BCUT2D eigenvalue weighted by atomic mass is 10.0. The fourth-order valence-corrected chi connectivity index (χ4v) is 2.05. The summed E-state index contributed by atoms with van der Waals surface area (Å²) in [6, 6.07) is 0.648. The normalized spacial score (nSPS) is 11.8. The molecule has 3 nitrogen and oxygen atoms in total. The van der Waals surface area contributed by atoms with Crippen molar-refractivity contribution in [2.75, 3.05) is 7.11 Å². The summed E-state index contributed by atoms with van der Waals surface area (Å²) in [7, 11) is 0.984. The van der Waals surface area contributed by atoms with Crippen molar-refractivity contribution in [2.45, 2.75) is 19.0 Å². The van der Waals surface area contributed by atoms with Crippen LogP contribution in [0.1, 0.15) is 23.2 Å². The summed E-state index contributed by atoms with van der Waals surface area (Å²) < 4.78 is 68.0. The molecule has 0 saturated heterocycles. The molecule has 0 fully saturated rings. The summed E-state index contributed by atoms with van der Waals surface area (Å²) in [6.45, 7) is 0. The maximum atomic E-state index is 12.8. The second-order valence-corrected chi connectivity index (χ2v) is 4.51. The van der Waals surface area contributed by atoms with Gasteiger partial charge in [0.1, 0.15) is 3.70 Å². The minimum atomic E-state index is -5.02. The van der Waals surface area contributed by atoms with Crippen molar-refractivity contribution in [2.24, 2.45) is 0 Å². The number of carbonyl (C=O) groups excluding carboxylic acids is 1. The van der Waals surface area contributed by atoms with E-state index < -0.39 is 41.8 Å². The number of nitrogens with zero attached hydrogens (tertiary/aromatic N) is 1. The topological polar surface area (TPSA) is 39.2 Å². The summed E-state index contributed by atoms with van der Waals surface area (Å²) in [5, 5.41) is 0. The van der Waals surface area contributed by atoms with E-state index in [9.17, 15) is 26.7 Å². The third-order valence-corrected chi connectivity index (χ3v) is 2.70. The quantitative estimate of drug-likeness (QED) is 0.341. The van der Waals surface area contributed by atoms with E-state index in [1.54, 1.807) is 0 Å². The number of halogens is 6. The number of aromatic nitrogens is 1. The maximum Gasteiger partial charge on any atom is 0.418 e. The van der Waals surface area contributed by atoms with Crippen LogP contribution in [0.2, 0.25) is 0 Å². The van der Waals surface area contributed by atoms with Gasteiger partial charge in [-0.25, -0.2) is 13.8 Å². The van der Waals surface area contributed by atoms with Gasteiger partial charge in [-0.15, -0.1) is 0 Å². The van der Waals surface area contributed by atoms with Crippen LogP contribution in [0.15, 0.2) is 6.07 Å². The van der Waals surface area contributed by atoms with Gasteiger partial charge in [-0.1, -0.05) is 0 Å². The maximum absolute atomic E-state index is 12.8. The van der Waals surface area contributed by atoms with E-state index >= 15 is 0 Å². The Bertz CT molecular complexity index is 490. The van der Waals surface area contributed by atoms with Gasteiger partial charge in [0, 0.05) is 5.56 Å². The van der Waals surface area contributed by atoms with E-state index in [4.69, 9.17) is 0 Å². The first-order valence-corrected chi connectivity index (χ1v) is 5.86. The number of esters is 1. The van der Waals surface area contributed by atoms with Crippen molar-refractivity contribution >= 4 is 28.6 Å². The highest BCUT2D eigenvalue weighted by atomic mass is 127. The molecule has 19 heavy (non-hydrogen) atoms. The fraction of sp³-hybridized carbons (Fsp3) is 0.400. The van der Waals surface area contributed by atoms with Gasteiger partial charge in [0.25, 0.3) is 6.43 Å². The smallest absolute Gasteiger partial charge is 0.418 e. The standard InChI is InChI=1S/C10H7F5INO2/c1-19-7(18)3-5-8(10(13,14)15)4(9(11)12)2-6(16)17-5/h2,9H,3H2,1H3. The summed E-state index contributed by atoms with van der Waals surface area (Å²) in [5.41, 5.74) is -3.53. The van der Waals surface area contributed by atoms with Crippen molar-refractivity contribution in [3.63, 3.8) is 0 Å². The zero-order valence-electron chi connectivity index (χ0n) is 9.39. The van der Waals surface area contributed by atoms with Gasteiger partial charge in [0.2, 0.25) is 0 Å². The number of hydrogen-bond donors (Lipinski definition) is 0. The van der Waals surface area contributed by atoms with Gasteiger partial charge < -0.3 is 4.74 Å². The molecule has 0 saturated carbocycles. The molecular formula is C10H7F5INO2. The Hall–Kier alpha value is -1.00. The van der Waals surface area contributed by atoms with Gasteiger partial charge in [0.15, 0.2) is 0 Å². The van der Waals surface area contributed by atoms with Crippen LogP contribution in [-0.2, 0) is 22.1 Å². The molecule has 0 aliphatic rings. The zero-order chi connectivity index (χ0) is 14.8. The van der Waals surface area contributed by atoms with Crippen molar-refractivity contribution in [3.05, 3.63) is 26.6 Å². The Balaban J connectivity index is 3.47. The van der Waals surface area contributed by atoms with Crippen molar-refractivity contribution < 1.29 is 31.5 Å². The van der Waals surface area contributed by atoms with Crippen molar-refractivity contribution in [1.29, 1.82) is 0 Å². The van der Waals surface area contributed by atoms with E-state index in [1.165, 1.54) is 22.6 Å². The average Bonchev–Trinajstić information content (AvgIpc) is 2.25. The van der Waals surface area contributed by atoms with Crippen LogP contribution in [0.25, 0.3) is 0 Å². The summed E-state index contributed by atoms with van der Waals surface area (Å²) in [6.07, 6.45) is -9.15. The molecule has 0 radical (unpaired) electrons. The summed E-state index contributed by atoms with van der Waals surface area (Å²) >= 11 is 1.50. The minimum absolute atomic E-state index is 0.0557. The second kappa shape index (κ2) is 5.97. The Morgan fingerprint density at radius 2 is 2.05 bits per heavy atom. The van der Waals surface area contributed by atoms with Gasteiger partial charge in [-0.05, 0) is 28.7 Å². The lowest BCUT2D eigenvalue weighted by molar-refractivity contribution is -0.142. The molecule has 0 unspecified atom stereocenters. The molecule has 0 aromatic carbocycles. The minimum Gasteiger partial charge on any atom is -0.469 e. The predicted octanol–water partition coefficient (Wildman–Crippen LogP) is 3.36. The number of carbonyl (C=O) groups is 1. The van der Waals surface area contributed by atoms with Crippen LogP contribution in [0, 0.1) is 3.70 Å². The van der Waals surface area contributed by atoms with Crippen LogP contribution in [0.4, 0.5) is 22.0 Å². The fourth-order valence-electron chi connectivity index (χ4n) is 1.42. The van der Waals surface area contributed by atoms with E-state index in [-0.39, 0.29) is 3.70 Å². The molecule has 0 atom stereocenters. The highest BCUT2D eigenvalue weighted by Gasteiger charge is 2.39. The van der Waals surface area contributed by atoms with Gasteiger partial charge in [0.05, 0.1) is 24.8 Å². The number of pyridine rings is 1. The van der Waals surface area contributed by atoms with Crippen LogP contribution >= 0.6 is 22.6 Å². The molecule has 0 N–H and O–H groups in total. The molecule has 1 heterocycles. The molecule has 0 spiro atoms. The molecule has 0 aliphatic carbocycles. The Labute approximate surface area is 118 Å². The predicted molar refractivity (Wildman–Crippen MR) is 62.6 cm³/mol. The van der Waals surface area contributed by atoms with E-state index in [0.717, 1.165) is 7.11 Å². The third-order valence-electron chi connectivity index (χ3n) is 2.15. The Morgan fingerprint density at radius 3 is 2.47 bits per heavy atom. The first kappa shape index (κ1) is 16.1. The first-order valence-electron chi connectivity index (χ1n) is 4.78. The largest absolute Gasteiger partial charge is 0.469 e. The molecule has 1 aromatic rings. The number of hydrogen-bond acceptors (Lipinski definition) is 3. The lowest BCUT2D eigenvalue weighted by Crippen LogP contribution is -2.18. The third kappa shape index (κ3) is 3.98. The summed E-state index contributed by atoms with van der Waals surface area (Å²) in [5.74, 6) is -0.986. The molecular weight excluding hydrogens is 388 g/mol. The molecule has 0 aliphatic heterocycles. The van der Waals surface area contributed by atoms with Crippen LogP contribution in [0.3, 0.4) is 0 Å². The SMILES string of the molecule is COC(=O)Cc1nc(I)cc(C(F)F)c1C(F)(F)F. The number of methoxy groups -OCH3 is 1. The molecule has 9 heteroatoms. The van der Waals surface area contributed by atoms with Crippen LogP contribution in [0.5, 0.6) is 0 Å². The highest BCUT2D eigenvalue weighted by Crippen LogP contribution is 2.38. The van der Waals surface area contributed by atoms with Gasteiger partial charge >= 0.3 is 12.1 Å². The van der Waals surface area contributed by atoms with E-state index in [1.807, 2.05) is 0 Å². The Kier molecular flexibility index (Phi) is 5.04. The number of ether oxygens (including phenoxy) is 1. The van der Waals surface area contributed by atoms with Crippen molar-refractivity contribution in [1.82, 2.24) is 4.98 Å². The molecule has 1 rings (SSSR count). The number of rotatable bonds is 3. The molecule has 106 valence electrons. The summed E-state index contributed by atoms with van der Waals surface area (Å²) in [4.78, 5) is 14.5. The molecule has 0 bridgehead atoms.